The number of anilines is 1. The first-order valence-corrected chi connectivity index (χ1v) is 9.80. The number of aromatic nitrogens is 1. The van der Waals surface area contributed by atoms with Crippen molar-refractivity contribution < 1.29 is 4.39 Å². The molecule has 0 atom stereocenters. The van der Waals surface area contributed by atoms with Crippen LogP contribution in [0.25, 0.3) is 11.1 Å². The van der Waals surface area contributed by atoms with Crippen molar-refractivity contribution in [3.63, 3.8) is 0 Å². The Kier molecular flexibility index (Phi) is 4.01. The van der Waals surface area contributed by atoms with Crippen LogP contribution in [0, 0.1) is 5.82 Å². The van der Waals surface area contributed by atoms with Gasteiger partial charge >= 0.3 is 0 Å². The van der Waals surface area contributed by atoms with Gasteiger partial charge in [0.1, 0.15) is 10.8 Å². The highest BCUT2D eigenvalue weighted by atomic mass is 32.1. The van der Waals surface area contributed by atoms with E-state index in [1.165, 1.54) is 47.4 Å². The molecule has 0 fully saturated rings. The van der Waals surface area contributed by atoms with E-state index in [-0.39, 0.29) is 5.82 Å². The van der Waals surface area contributed by atoms with E-state index in [0.717, 1.165) is 34.8 Å². The zero-order valence-electron chi connectivity index (χ0n) is 14.9. The molecule has 5 rings (SSSR count). The fraction of sp³-hybridized carbons (Fsp3) is 0.217. The molecule has 2 aromatic carbocycles. The van der Waals surface area contributed by atoms with E-state index in [4.69, 9.17) is 17.2 Å². The molecule has 27 heavy (non-hydrogen) atoms. The van der Waals surface area contributed by atoms with E-state index >= 15 is 0 Å². The van der Waals surface area contributed by atoms with Gasteiger partial charge in [0.2, 0.25) is 0 Å². The molecule has 0 saturated carbocycles. The van der Waals surface area contributed by atoms with Crippen LogP contribution in [0.3, 0.4) is 0 Å². The van der Waals surface area contributed by atoms with Gasteiger partial charge in [-0.1, -0.05) is 42.5 Å². The maximum Gasteiger partial charge on any atom is 0.123 e. The molecule has 0 spiro atoms. The zero-order chi connectivity index (χ0) is 18.4. The van der Waals surface area contributed by atoms with Crippen LogP contribution in [0.15, 0.2) is 54.6 Å². The number of aryl methyl sites for hydroxylation is 1. The van der Waals surface area contributed by atoms with Crippen molar-refractivity contribution in [2.24, 2.45) is 0 Å². The van der Waals surface area contributed by atoms with E-state index < -0.39 is 0 Å². The van der Waals surface area contributed by atoms with E-state index in [1.807, 2.05) is 6.07 Å². The van der Waals surface area contributed by atoms with Gasteiger partial charge in [0, 0.05) is 16.9 Å². The van der Waals surface area contributed by atoms with E-state index in [2.05, 4.69) is 29.2 Å². The van der Waals surface area contributed by atoms with E-state index in [0.29, 0.717) is 6.54 Å². The molecule has 0 bridgehead atoms. The number of hydrogen-bond acceptors (Lipinski definition) is 2. The van der Waals surface area contributed by atoms with Crippen LogP contribution in [0.5, 0.6) is 0 Å². The van der Waals surface area contributed by atoms with Gasteiger partial charge < -0.3 is 4.90 Å². The predicted molar refractivity (Wildman–Crippen MR) is 111 cm³/mol. The second-order valence-electron chi connectivity index (χ2n) is 7.17. The molecule has 4 heteroatoms. The van der Waals surface area contributed by atoms with Crippen LogP contribution < -0.4 is 4.90 Å². The summed E-state index contributed by atoms with van der Waals surface area (Å²) in [5.41, 5.74) is 8.08. The van der Waals surface area contributed by atoms with Gasteiger partial charge in [0.15, 0.2) is 0 Å². The maximum atomic E-state index is 13.4. The van der Waals surface area contributed by atoms with Crippen LogP contribution >= 0.6 is 12.2 Å². The highest BCUT2D eigenvalue weighted by Crippen LogP contribution is 2.40. The Balaban J connectivity index is 1.69. The summed E-state index contributed by atoms with van der Waals surface area (Å²) in [5, 5.41) is 0. The van der Waals surface area contributed by atoms with Gasteiger partial charge in [0.05, 0.1) is 12.2 Å². The van der Waals surface area contributed by atoms with Crippen LogP contribution in [-0.4, -0.2) is 9.97 Å². The summed E-state index contributed by atoms with van der Waals surface area (Å²) >= 11 is 5.89. The Labute approximate surface area is 163 Å². The number of hydrogen-bond donors (Lipinski definition) is 0. The number of benzene rings is 2. The Bertz CT molecular complexity index is 1030. The van der Waals surface area contributed by atoms with Gasteiger partial charge in [-0.25, -0.2) is 4.39 Å². The van der Waals surface area contributed by atoms with Gasteiger partial charge in [0.25, 0.3) is 0 Å². The third-order valence-corrected chi connectivity index (χ3v) is 5.94. The third-order valence-electron chi connectivity index (χ3n) is 5.52. The molecule has 0 saturated heterocycles. The summed E-state index contributed by atoms with van der Waals surface area (Å²) in [7, 11) is 0. The fourth-order valence-corrected chi connectivity index (χ4v) is 4.64. The summed E-state index contributed by atoms with van der Waals surface area (Å²) in [4.78, 5) is 7.88. The molecule has 0 N–H and O–H groups in total. The van der Waals surface area contributed by atoms with Gasteiger partial charge in [-0.2, -0.15) is 0 Å². The second kappa shape index (κ2) is 6.54. The molecule has 1 aromatic heterocycles. The first kappa shape index (κ1) is 16.6. The number of nitrogens with zero attached hydrogens (tertiary/aromatic N) is 2. The van der Waals surface area contributed by atoms with Gasteiger partial charge in [-0.3, -0.25) is 4.98 Å². The minimum absolute atomic E-state index is 0.236. The second-order valence-corrected chi connectivity index (χ2v) is 7.56. The molecule has 134 valence electrons. The monoisotopic (exact) mass is 374 g/mol. The number of rotatable bonds is 2. The topological polar surface area (TPSA) is 16.1 Å². The lowest BCUT2D eigenvalue weighted by Gasteiger charge is -2.22. The quantitative estimate of drug-likeness (QED) is 0.554. The van der Waals surface area contributed by atoms with E-state index in [1.54, 1.807) is 12.1 Å². The highest BCUT2D eigenvalue weighted by Gasteiger charge is 2.33. The summed E-state index contributed by atoms with van der Waals surface area (Å²) in [6.45, 7) is 0.646. The molecular formula is C23H19FN2S. The molecule has 0 amide bonds. The normalized spacial score (nSPS) is 15.6. The molecule has 3 aromatic rings. The lowest BCUT2D eigenvalue weighted by atomic mass is 9.86. The summed E-state index contributed by atoms with van der Waals surface area (Å²) in [6.07, 6.45) is 4.48. The number of thiocarbonyl (C=S) groups is 1. The largest absolute Gasteiger partial charge is 0.326 e. The standard InChI is InChI=1S/C23H19FN2S/c24-16-10-12-17(13-11-16)26-14-20-22(23(26)27)21(15-6-2-1-3-7-15)18-8-4-5-9-19(18)25-20/h1-3,6-7,10-13H,4-5,8-9,14H2. The predicted octanol–water partition coefficient (Wildman–Crippen LogP) is 5.46. The SMILES string of the molecule is Fc1ccc(N2Cc3nc4c(c(-c5ccccc5)c3C2=S)CCCC4)cc1. The summed E-state index contributed by atoms with van der Waals surface area (Å²) in [5.74, 6) is -0.236. The lowest BCUT2D eigenvalue weighted by Crippen LogP contribution is -2.22. The van der Waals surface area contributed by atoms with Crippen molar-refractivity contribution in [2.45, 2.75) is 32.2 Å². The van der Waals surface area contributed by atoms with Crippen LogP contribution in [0.2, 0.25) is 0 Å². The van der Waals surface area contributed by atoms with Crippen molar-refractivity contribution in [3.8, 4) is 11.1 Å². The van der Waals surface area contributed by atoms with Crippen molar-refractivity contribution in [2.75, 3.05) is 4.90 Å². The molecule has 0 unspecified atom stereocenters. The first-order valence-electron chi connectivity index (χ1n) is 9.40. The molecule has 1 aliphatic carbocycles. The van der Waals surface area contributed by atoms with Crippen molar-refractivity contribution in [1.29, 1.82) is 0 Å². The van der Waals surface area contributed by atoms with Crippen molar-refractivity contribution in [3.05, 3.63) is 82.9 Å². The first-order chi connectivity index (χ1) is 13.2. The average molecular weight is 374 g/mol. The zero-order valence-corrected chi connectivity index (χ0v) is 15.7. The number of pyridine rings is 1. The molecule has 1 aliphatic heterocycles. The average Bonchev–Trinajstić information content (AvgIpc) is 3.03. The number of fused-ring (bicyclic) bond motifs is 2. The van der Waals surface area contributed by atoms with Crippen LogP contribution in [0.1, 0.15) is 35.4 Å². The maximum absolute atomic E-state index is 13.4. The number of halogens is 1. The molecule has 2 heterocycles. The van der Waals surface area contributed by atoms with Crippen molar-refractivity contribution in [1.82, 2.24) is 4.98 Å². The Morgan fingerprint density at radius 2 is 1.59 bits per heavy atom. The highest BCUT2D eigenvalue weighted by molar-refractivity contribution is 7.81. The Morgan fingerprint density at radius 3 is 2.37 bits per heavy atom. The minimum Gasteiger partial charge on any atom is -0.326 e. The smallest absolute Gasteiger partial charge is 0.123 e. The molecule has 2 nitrogen and oxygen atoms in total. The van der Waals surface area contributed by atoms with Crippen LogP contribution in [0.4, 0.5) is 10.1 Å². The lowest BCUT2D eigenvalue weighted by molar-refractivity contribution is 0.628. The molecule has 0 radical (unpaired) electrons. The van der Waals surface area contributed by atoms with Gasteiger partial charge in [-0.05, 0) is 66.6 Å². The van der Waals surface area contributed by atoms with Gasteiger partial charge in [-0.15, -0.1) is 0 Å². The minimum atomic E-state index is -0.236. The van der Waals surface area contributed by atoms with E-state index in [9.17, 15) is 4.39 Å². The molecule has 2 aliphatic rings. The molecular weight excluding hydrogens is 355 g/mol. The summed E-state index contributed by atoms with van der Waals surface area (Å²) in [6, 6.07) is 17.1. The van der Waals surface area contributed by atoms with Crippen LogP contribution in [-0.2, 0) is 19.4 Å². The fourth-order valence-electron chi connectivity index (χ4n) is 4.25. The van der Waals surface area contributed by atoms with Crippen molar-refractivity contribution >= 4 is 22.9 Å². The third kappa shape index (κ3) is 2.76. The Hall–Kier alpha value is -2.59. The summed E-state index contributed by atoms with van der Waals surface area (Å²) < 4.78 is 13.4. The Morgan fingerprint density at radius 1 is 0.852 bits per heavy atom.